The summed E-state index contributed by atoms with van der Waals surface area (Å²) in [6.45, 7) is 2.38. The zero-order valence-corrected chi connectivity index (χ0v) is 19.2. The number of hydrogen-bond acceptors (Lipinski definition) is 6. The number of carboxylic acids is 1. The van der Waals surface area contributed by atoms with Gasteiger partial charge < -0.3 is 15.2 Å². The van der Waals surface area contributed by atoms with Crippen molar-refractivity contribution in [2.75, 3.05) is 18.5 Å². The second-order valence-electron chi connectivity index (χ2n) is 8.47. The molecule has 0 amide bonds. The van der Waals surface area contributed by atoms with Gasteiger partial charge in [0, 0.05) is 17.7 Å². The number of nitrogens with one attached hydrogen (secondary N) is 1. The van der Waals surface area contributed by atoms with Crippen LogP contribution in [-0.4, -0.2) is 40.4 Å². The third-order valence-electron chi connectivity index (χ3n) is 6.32. The van der Waals surface area contributed by atoms with E-state index in [-0.39, 0.29) is 12.5 Å². The Morgan fingerprint density at radius 3 is 2.26 bits per heavy atom. The molecule has 176 valence electrons. The van der Waals surface area contributed by atoms with E-state index in [0.717, 1.165) is 30.4 Å². The highest BCUT2D eigenvalue weighted by atomic mass is 16.5. The lowest BCUT2D eigenvalue weighted by Crippen LogP contribution is -2.32. The van der Waals surface area contributed by atoms with Crippen molar-refractivity contribution in [3.8, 4) is 22.4 Å². The molecule has 2 N–H and O–H groups in total. The van der Waals surface area contributed by atoms with Crippen LogP contribution in [0, 0.1) is 11.8 Å². The van der Waals surface area contributed by atoms with Gasteiger partial charge in [-0.2, -0.15) is 0 Å². The number of benzene rings is 2. The molecule has 2 aromatic carbocycles. The van der Waals surface area contributed by atoms with Crippen molar-refractivity contribution in [2.45, 2.75) is 32.6 Å². The highest BCUT2D eigenvalue weighted by Gasteiger charge is 2.32. The van der Waals surface area contributed by atoms with Gasteiger partial charge >= 0.3 is 11.9 Å². The zero-order chi connectivity index (χ0) is 23.9. The summed E-state index contributed by atoms with van der Waals surface area (Å²) >= 11 is 0. The fraction of sp³-hybridized carbons (Fsp3) is 0.333. The SMILES string of the molecule is CCOC(=O)c1c(NC[C@@H]2CCCC[C@@H]2C(=O)O)nnc(-c2ccccc2)c1-c1ccccc1. The van der Waals surface area contributed by atoms with Crippen LogP contribution in [0.5, 0.6) is 0 Å². The summed E-state index contributed by atoms with van der Waals surface area (Å²) in [5.74, 6) is -1.40. The minimum absolute atomic E-state index is 0.0444. The van der Waals surface area contributed by atoms with Gasteiger partial charge in [-0.3, -0.25) is 4.79 Å². The molecule has 0 unspecified atom stereocenters. The smallest absolute Gasteiger partial charge is 0.342 e. The molecule has 1 aliphatic rings. The van der Waals surface area contributed by atoms with Crippen molar-refractivity contribution < 1.29 is 19.4 Å². The maximum atomic E-state index is 13.2. The maximum absolute atomic E-state index is 13.2. The van der Waals surface area contributed by atoms with Gasteiger partial charge in [-0.05, 0) is 31.2 Å². The van der Waals surface area contributed by atoms with E-state index in [0.29, 0.717) is 35.6 Å². The van der Waals surface area contributed by atoms with Crippen LogP contribution in [0.2, 0.25) is 0 Å². The molecule has 4 rings (SSSR count). The number of aliphatic carboxylic acids is 1. The number of rotatable bonds is 8. The van der Waals surface area contributed by atoms with E-state index in [2.05, 4.69) is 15.5 Å². The lowest BCUT2D eigenvalue weighted by atomic mass is 9.79. The predicted octanol–water partition coefficient (Wildman–Crippen LogP) is 5.29. The van der Waals surface area contributed by atoms with Crippen LogP contribution in [0.1, 0.15) is 43.0 Å². The Morgan fingerprint density at radius 2 is 1.62 bits per heavy atom. The molecular formula is C27H29N3O4. The van der Waals surface area contributed by atoms with E-state index >= 15 is 0 Å². The van der Waals surface area contributed by atoms with E-state index < -0.39 is 17.9 Å². The normalized spacial score (nSPS) is 17.7. The Morgan fingerprint density at radius 1 is 0.971 bits per heavy atom. The summed E-state index contributed by atoms with van der Waals surface area (Å²) in [7, 11) is 0. The Bertz CT molecular complexity index is 1140. The fourth-order valence-corrected chi connectivity index (χ4v) is 4.65. The summed E-state index contributed by atoms with van der Waals surface area (Å²) in [5.41, 5.74) is 3.19. The van der Waals surface area contributed by atoms with Crippen molar-refractivity contribution >= 4 is 17.8 Å². The summed E-state index contributed by atoms with van der Waals surface area (Å²) in [6, 6.07) is 19.2. The zero-order valence-electron chi connectivity index (χ0n) is 19.2. The van der Waals surface area contributed by atoms with E-state index in [4.69, 9.17) is 4.74 Å². The fourth-order valence-electron chi connectivity index (χ4n) is 4.65. The third kappa shape index (κ3) is 5.09. The van der Waals surface area contributed by atoms with Crippen molar-refractivity contribution in [2.24, 2.45) is 11.8 Å². The first-order valence-corrected chi connectivity index (χ1v) is 11.8. The van der Waals surface area contributed by atoms with Crippen molar-refractivity contribution in [3.05, 3.63) is 66.2 Å². The molecule has 2 atom stereocenters. The van der Waals surface area contributed by atoms with Crippen molar-refractivity contribution in [3.63, 3.8) is 0 Å². The second-order valence-corrected chi connectivity index (χ2v) is 8.47. The van der Waals surface area contributed by atoms with E-state index in [9.17, 15) is 14.7 Å². The predicted molar refractivity (Wildman–Crippen MR) is 130 cm³/mol. The van der Waals surface area contributed by atoms with E-state index in [1.165, 1.54) is 0 Å². The summed E-state index contributed by atoms with van der Waals surface area (Å²) in [4.78, 5) is 25.0. The number of ether oxygens (including phenoxy) is 1. The highest BCUT2D eigenvalue weighted by molar-refractivity contribution is 6.05. The first-order chi connectivity index (χ1) is 16.6. The molecular weight excluding hydrogens is 430 g/mol. The van der Waals surface area contributed by atoms with Crippen molar-refractivity contribution in [1.82, 2.24) is 10.2 Å². The number of esters is 1. The van der Waals surface area contributed by atoms with Gasteiger partial charge in [-0.15, -0.1) is 10.2 Å². The molecule has 34 heavy (non-hydrogen) atoms. The molecule has 7 nitrogen and oxygen atoms in total. The molecule has 3 aromatic rings. The molecule has 7 heteroatoms. The number of aromatic nitrogens is 2. The van der Waals surface area contributed by atoms with Crippen LogP contribution in [0.15, 0.2) is 60.7 Å². The molecule has 1 aliphatic carbocycles. The first kappa shape index (κ1) is 23.4. The number of carboxylic acid groups (broad SMARTS) is 1. The topological polar surface area (TPSA) is 101 Å². The van der Waals surface area contributed by atoms with Crippen LogP contribution < -0.4 is 5.32 Å². The van der Waals surface area contributed by atoms with Gasteiger partial charge in [-0.1, -0.05) is 73.5 Å². The molecule has 0 spiro atoms. The van der Waals surface area contributed by atoms with Crippen LogP contribution in [-0.2, 0) is 9.53 Å². The largest absolute Gasteiger partial charge is 0.481 e. The monoisotopic (exact) mass is 459 g/mol. The molecule has 1 saturated carbocycles. The first-order valence-electron chi connectivity index (χ1n) is 11.8. The minimum Gasteiger partial charge on any atom is -0.481 e. The van der Waals surface area contributed by atoms with Gasteiger partial charge in [0.1, 0.15) is 11.3 Å². The van der Waals surface area contributed by atoms with Crippen LogP contribution >= 0.6 is 0 Å². The highest BCUT2D eigenvalue weighted by Crippen LogP contribution is 2.37. The third-order valence-corrected chi connectivity index (χ3v) is 6.32. The Balaban J connectivity index is 1.80. The number of anilines is 1. The number of carbonyl (C=O) groups excluding carboxylic acids is 1. The Labute approximate surface area is 199 Å². The molecule has 0 bridgehead atoms. The molecule has 1 aromatic heterocycles. The summed E-state index contributed by atoms with van der Waals surface area (Å²) in [6.07, 6.45) is 3.40. The maximum Gasteiger partial charge on any atom is 0.342 e. The van der Waals surface area contributed by atoms with Gasteiger partial charge in [0.05, 0.1) is 12.5 Å². The van der Waals surface area contributed by atoms with E-state index in [1.807, 2.05) is 60.7 Å². The quantitative estimate of drug-likeness (QED) is 0.441. The number of hydrogen-bond donors (Lipinski definition) is 2. The average Bonchev–Trinajstić information content (AvgIpc) is 2.88. The van der Waals surface area contributed by atoms with Crippen LogP contribution in [0.3, 0.4) is 0 Å². The molecule has 0 radical (unpaired) electrons. The molecule has 1 fully saturated rings. The Kier molecular flexibility index (Phi) is 7.52. The lowest BCUT2D eigenvalue weighted by Gasteiger charge is -2.29. The second kappa shape index (κ2) is 10.9. The van der Waals surface area contributed by atoms with Crippen molar-refractivity contribution in [1.29, 1.82) is 0 Å². The Hall–Kier alpha value is -3.74. The van der Waals surface area contributed by atoms with Gasteiger partial charge in [0.15, 0.2) is 5.82 Å². The van der Waals surface area contributed by atoms with Gasteiger partial charge in [-0.25, -0.2) is 4.79 Å². The van der Waals surface area contributed by atoms with E-state index in [1.54, 1.807) is 6.92 Å². The molecule has 0 saturated heterocycles. The van der Waals surface area contributed by atoms with Crippen LogP contribution in [0.4, 0.5) is 5.82 Å². The average molecular weight is 460 g/mol. The number of carbonyl (C=O) groups is 2. The number of nitrogens with zero attached hydrogens (tertiary/aromatic N) is 2. The standard InChI is InChI=1S/C27H29N3O4/c1-2-34-27(33)23-22(18-11-5-3-6-12-18)24(19-13-7-4-8-14-19)29-30-25(23)28-17-20-15-9-10-16-21(20)26(31)32/h3-8,11-14,20-21H,2,9-10,15-17H2,1H3,(H,28,30)(H,31,32)/t20-,21-/m0/s1. The lowest BCUT2D eigenvalue weighted by molar-refractivity contribution is -0.144. The molecule has 1 heterocycles. The molecule has 0 aliphatic heterocycles. The summed E-state index contributed by atoms with van der Waals surface area (Å²) in [5, 5.41) is 21.8. The van der Waals surface area contributed by atoms with Crippen LogP contribution in [0.25, 0.3) is 22.4 Å². The van der Waals surface area contributed by atoms with Gasteiger partial charge in [0.25, 0.3) is 0 Å². The van der Waals surface area contributed by atoms with Gasteiger partial charge in [0.2, 0.25) is 0 Å². The minimum atomic E-state index is -0.771. The summed E-state index contributed by atoms with van der Waals surface area (Å²) < 4.78 is 5.43.